The summed E-state index contributed by atoms with van der Waals surface area (Å²) in [4.78, 5) is 30.9. The fourth-order valence-electron chi connectivity index (χ4n) is 3.41. The smallest absolute Gasteiger partial charge is 0.248 e. The third kappa shape index (κ3) is 3.82. The predicted molar refractivity (Wildman–Crippen MR) is 97.3 cm³/mol. The Hall–Kier alpha value is -2.81. The molecule has 3 rings (SSSR count). The van der Waals surface area contributed by atoms with Crippen molar-refractivity contribution in [3.8, 4) is 11.3 Å². The first kappa shape index (κ1) is 19.0. The number of aliphatic hydroxyl groups is 1. The molecule has 3 heterocycles. The lowest BCUT2D eigenvalue weighted by atomic mass is 10.0. The zero-order valence-electron chi connectivity index (χ0n) is 15.6. The van der Waals surface area contributed by atoms with E-state index in [4.69, 9.17) is 0 Å². The summed E-state index contributed by atoms with van der Waals surface area (Å²) < 4.78 is 1.53. The Morgan fingerprint density at radius 2 is 2.15 bits per heavy atom. The molecule has 0 aromatic carbocycles. The van der Waals surface area contributed by atoms with Crippen molar-refractivity contribution < 1.29 is 14.7 Å². The summed E-state index contributed by atoms with van der Waals surface area (Å²) in [6, 6.07) is 2.37. The highest BCUT2D eigenvalue weighted by molar-refractivity contribution is 5.90. The fraction of sp³-hybridized carbons (Fsp3) is 0.500. The average molecular weight is 372 g/mol. The van der Waals surface area contributed by atoms with E-state index in [1.54, 1.807) is 24.7 Å². The fourth-order valence-corrected chi connectivity index (χ4v) is 3.41. The maximum atomic E-state index is 13.2. The number of carbonyl (C=O) groups excluding carboxylic acids is 2. The number of pyridine rings is 1. The van der Waals surface area contributed by atoms with Crippen LogP contribution >= 0.6 is 0 Å². The highest BCUT2D eigenvalue weighted by atomic mass is 16.3. The molecule has 9 heteroatoms. The molecule has 2 aromatic rings. The topological polar surface area (TPSA) is 113 Å². The number of aliphatic hydroxyl groups excluding tert-OH is 1. The Kier molecular flexibility index (Phi) is 5.50. The van der Waals surface area contributed by atoms with Crippen molar-refractivity contribution in [2.24, 2.45) is 5.92 Å². The Labute approximate surface area is 157 Å². The Bertz CT molecular complexity index is 806. The van der Waals surface area contributed by atoms with Gasteiger partial charge in [-0.3, -0.25) is 14.6 Å². The van der Waals surface area contributed by atoms with Crippen LogP contribution in [-0.2, 0) is 9.59 Å². The van der Waals surface area contributed by atoms with E-state index in [0.717, 1.165) is 5.56 Å². The monoisotopic (exact) mass is 372 g/mol. The van der Waals surface area contributed by atoms with Crippen molar-refractivity contribution in [2.45, 2.75) is 38.5 Å². The number of β-amino-alcohol motifs (C(OH)–C–C–N with tert-alkyl or cyclic N) is 1. The zero-order valence-corrected chi connectivity index (χ0v) is 15.6. The molecule has 3 atom stereocenters. The van der Waals surface area contributed by atoms with Crippen LogP contribution in [0.2, 0.25) is 0 Å². The molecule has 2 aromatic heterocycles. The molecular formula is C18H24N6O3. The van der Waals surface area contributed by atoms with Crippen molar-refractivity contribution in [3.05, 3.63) is 30.7 Å². The number of likely N-dealkylation sites (N-methyl/N-ethyl adjacent to an activating group) is 1. The van der Waals surface area contributed by atoms with Gasteiger partial charge in [-0.2, -0.15) is 0 Å². The molecule has 0 radical (unpaired) electrons. The molecule has 1 fully saturated rings. The van der Waals surface area contributed by atoms with Gasteiger partial charge in [-0.1, -0.05) is 19.1 Å². The summed E-state index contributed by atoms with van der Waals surface area (Å²) in [5.41, 5.74) is 1.42. The number of rotatable bonds is 5. The van der Waals surface area contributed by atoms with Crippen LogP contribution in [0.1, 0.15) is 26.3 Å². The number of amides is 2. The van der Waals surface area contributed by atoms with Crippen LogP contribution in [0.3, 0.4) is 0 Å². The van der Waals surface area contributed by atoms with E-state index in [1.165, 1.54) is 16.6 Å². The molecule has 0 unspecified atom stereocenters. The molecule has 2 N–H and O–H groups in total. The number of hydrogen-bond donors (Lipinski definition) is 2. The van der Waals surface area contributed by atoms with E-state index in [2.05, 4.69) is 20.6 Å². The SMILES string of the molecule is CNC(=O)[C@@H]1C[C@@H](O)CN1C(=O)[C@H](C(C)C)n1cc(-c2cccnc2)nn1. The maximum Gasteiger partial charge on any atom is 0.248 e. The highest BCUT2D eigenvalue weighted by Gasteiger charge is 2.42. The zero-order chi connectivity index (χ0) is 19.6. The van der Waals surface area contributed by atoms with Crippen LogP contribution in [0.15, 0.2) is 30.7 Å². The number of hydrogen-bond acceptors (Lipinski definition) is 6. The minimum absolute atomic E-state index is 0.0796. The van der Waals surface area contributed by atoms with E-state index in [0.29, 0.717) is 5.69 Å². The summed E-state index contributed by atoms with van der Waals surface area (Å²) in [6.07, 6.45) is 4.58. The summed E-state index contributed by atoms with van der Waals surface area (Å²) in [5, 5.41) is 20.9. The number of aromatic nitrogens is 4. The first-order valence-electron chi connectivity index (χ1n) is 8.94. The van der Waals surface area contributed by atoms with Crippen LogP contribution < -0.4 is 5.32 Å². The second-order valence-electron chi connectivity index (χ2n) is 7.02. The molecular weight excluding hydrogens is 348 g/mol. The molecule has 144 valence electrons. The van der Waals surface area contributed by atoms with Gasteiger partial charge in [0.05, 0.1) is 12.3 Å². The number of nitrogens with one attached hydrogen (secondary N) is 1. The summed E-state index contributed by atoms with van der Waals surface area (Å²) in [7, 11) is 1.52. The third-order valence-electron chi connectivity index (χ3n) is 4.75. The minimum Gasteiger partial charge on any atom is -0.391 e. The van der Waals surface area contributed by atoms with E-state index < -0.39 is 18.2 Å². The van der Waals surface area contributed by atoms with Crippen LogP contribution in [0, 0.1) is 5.92 Å². The van der Waals surface area contributed by atoms with E-state index in [9.17, 15) is 14.7 Å². The molecule has 9 nitrogen and oxygen atoms in total. The first-order chi connectivity index (χ1) is 12.9. The van der Waals surface area contributed by atoms with Crippen molar-refractivity contribution in [1.82, 2.24) is 30.2 Å². The van der Waals surface area contributed by atoms with E-state index in [1.807, 2.05) is 19.9 Å². The second kappa shape index (κ2) is 7.83. The van der Waals surface area contributed by atoms with Crippen LogP contribution in [0.5, 0.6) is 0 Å². The number of carbonyl (C=O) groups is 2. The lowest BCUT2D eigenvalue weighted by Gasteiger charge is -2.29. The van der Waals surface area contributed by atoms with Gasteiger partial charge in [-0.05, 0) is 18.1 Å². The molecule has 0 aliphatic carbocycles. The van der Waals surface area contributed by atoms with Crippen LogP contribution in [-0.4, -0.2) is 67.5 Å². The van der Waals surface area contributed by atoms with E-state index in [-0.39, 0.29) is 30.7 Å². The van der Waals surface area contributed by atoms with Crippen molar-refractivity contribution >= 4 is 11.8 Å². The predicted octanol–water partition coefficient (Wildman–Crippen LogP) is 0.245. The molecule has 0 saturated carbocycles. The molecule has 0 spiro atoms. The molecule has 0 bridgehead atoms. The summed E-state index contributed by atoms with van der Waals surface area (Å²) >= 11 is 0. The van der Waals surface area contributed by atoms with Crippen molar-refractivity contribution in [3.63, 3.8) is 0 Å². The van der Waals surface area contributed by atoms with Gasteiger partial charge in [0.1, 0.15) is 17.8 Å². The first-order valence-corrected chi connectivity index (χ1v) is 8.94. The van der Waals surface area contributed by atoms with Gasteiger partial charge in [0.25, 0.3) is 0 Å². The maximum absolute atomic E-state index is 13.2. The Morgan fingerprint density at radius 3 is 2.78 bits per heavy atom. The lowest BCUT2D eigenvalue weighted by molar-refractivity contribution is -0.142. The largest absolute Gasteiger partial charge is 0.391 e. The average Bonchev–Trinajstić information content (AvgIpc) is 3.28. The molecule has 2 amide bonds. The lowest BCUT2D eigenvalue weighted by Crippen LogP contribution is -2.48. The van der Waals surface area contributed by atoms with Crippen LogP contribution in [0.4, 0.5) is 0 Å². The second-order valence-corrected chi connectivity index (χ2v) is 7.02. The summed E-state index contributed by atoms with van der Waals surface area (Å²) in [6.45, 7) is 3.95. The van der Waals surface area contributed by atoms with Gasteiger partial charge in [-0.25, -0.2) is 4.68 Å². The van der Waals surface area contributed by atoms with Gasteiger partial charge in [0.15, 0.2) is 0 Å². The van der Waals surface area contributed by atoms with Gasteiger partial charge in [0, 0.05) is 38.0 Å². The van der Waals surface area contributed by atoms with Gasteiger partial charge < -0.3 is 15.3 Å². The van der Waals surface area contributed by atoms with E-state index >= 15 is 0 Å². The Morgan fingerprint density at radius 1 is 1.37 bits per heavy atom. The third-order valence-corrected chi connectivity index (χ3v) is 4.75. The van der Waals surface area contributed by atoms with Gasteiger partial charge in [-0.15, -0.1) is 5.10 Å². The molecule has 1 saturated heterocycles. The molecule has 1 aliphatic heterocycles. The highest BCUT2D eigenvalue weighted by Crippen LogP contribution is 2.27. The van der Waals surface area contributed by atoms with Gasteiger partial charge >= 0.3 is 0 Å². The summed E-state index contributed by atoms with van der Waals surface area (Å²) in [5.74, 6) is -0.612. The van der Waals surface area contributed by atoms with Crippen LogP contribution in [0.25, 0.3) is 11.3 Å². The van der Waals surface area contributed by atoms with Crippen molar-refractivity contribution in [2.75, 3.05) is 13.6 Å². The normalized spacial score (nSPS) is 20.7. The Balaban J connectivity index is 1.88. The number of likely N-dealkylation sites (tertiary alicyclic amines) is 1. The van der Waals surface area contributed by atoms with Gasteiger partial charge in [0.2, 0.25) is 11.8 Å². The molecule has 1 aliphatic rings. The standard InChI is InChI=1S/C18H24N6O3/c1-11(2)16(18(27)23-9-13(25)7-15(23)17(26)19-3)24-10-14(21-22-24)12-5-4-6-20-8-12/h4-6,8,10-11,13,15-16,25H,7,9H2,1-3H3,(H,19,26)/t13-,15+,16+/m1/s1. The molecule has 27 heavy (non-hydrogen) atoms. The minimum atomic E-state index is -0.717. The number of nitrogens with zero attached hydrogens (tertiary/aromatic N) is 5. The van der Waals surface area contributed by atoms with Crippen molar-refractivity contribution in [1.29, 1.82) is 0 Å². The quantitative estimate of drug-likeness (QED) is 0.778.